The number of nitrogen functional groups attached to an aromatic ring is 1. The molecule has 106 valence electrons. The second-order valence-electron chi connectivity index (χ2n) is 4.39. The minimum atomic E-state index is -0.0594. The molecule has 4 nitrogen and oxygen atoms in total. The number of carbonyl (C=O) groups is 1. The van der Waals surface area contributed by atoms with Gasteiger partial charge in [-0.2, -0.15) is 0 Å². The Labute approximate surface area is 130 Å². The molecule has 0 saturated heterocycles. The van der Waals surface area contributed by atoms with Crippen LogP contribution in [0, 0.1) is 0 Å². The van der Waals surface area contributed by atoms with E-state index in [9.17, 15) is 4.79 Å². The molecule has 1 aromatic heterocycles. The molecular weight excluding hydrogens is 302 g/mol. The highest BCUT2D eigenvalue weighted by Gasteiger charge is 2.08. The average Bonchev–Trinajstić information content (AvgIpc) is 2.88. The number of thioether (sulfide) groups is 1. The van der Waals surface area contributed by atoms with Gasteiger partial charge in [-0.1, -0.05) is 23.5 Å². The monoisotopic (exact) mass is 315 g/mol. The minimum absolute atomic E-state index is 0.0594. The van der Waals surface area contributed by atoms with Crippen molar-refractivity contribution in [3.8, 4) is 0 Å². The highest BCUT2D eigenvalue weighted by molar-refractivity contribution is 8.00. The van der Waals surface area contributed by atoms with Crippen molar-refractivity contribution in [2.45, 2.75) is 4.90 Å². The van der Waals surface area contributed by atoms with Crippen LogP contribution in [-0.4, -0.2) is 16.6 Å². The number of nitrogens with zero attached hydrogens (tertiary/aromatic N) is 1. The molecule has 0 bridgehead atoms. The first kappa shape index (κ1) is 13.9. The number of para-hydroxylation sites is 1. The predicted molar refractivity (Wildman–Crippen MR) is 89.8 cm³/mol. The van der Waals surface area contributed by atoms with E-state index in [0.29, 0.717) is 10.9 Å². The van der Waals surface area contributed by atoms with E-state index in [2.05, 4.69) is 10.3 Å². The predicted octanol–water partition coefficient (Wildman–Crippen LogP) is 3.61. The number of thiazole rings is 1. The molecule has 0 saturated carbocycles. The van der Waals surface area contributed by atoms with Gasteiger partial charge in [-0.25, -0.2) is 4.98 Å². The Morgan fingerprint density at radius 2 is 1.95 bits per heavy atom. The van der Waals surface area contributed by atoms with Crippen LogP contribution in [0.15, 0.2) is 53.4 Å². The van der Waals surface area contributed by atoms with Crippen LogP contribution in [-0.2, 0) is 4.79 Å². The third-order valence-electron chi connectivity index (χ3n) is 2.79. The van der Waals surface area contributed by atoms with E-state index in [-0.39, 0.29) is 5.91 Å². The Hall–Kier alpha value is -2.05. The van der Waals surface area contributed by atoms with Crippen molar-refractivity contribution in [2.24, 2.45) is 0 Å². The molecule has 21 heavy (non-hydrogen) atoms. The molecule has 1 amide bonds. The summed E-state index contributed by atoms with van der Waals surface area (Å²) in [6.45, 7) is 0. The molecule has 2 aromatic carbocycles. The summed E-state index contributed by atoms with van der Waals surface area (Å²) >= 11 is 2.95. The first-order chi connectivity index (χ1) is 10.2. The molecule has 0 radical (unpaired) electrons. The Morgan fingerprint density at radius 1 is 1.19 bits per heavy atom. The number of benzene rings is 2. The first-order valence-corrected chi connectivity index (χ1v) is 8.15. The van der Waals surface area contributed by atoms with E-state index >= 15 is 0 Å². The molecule has 0 aliphatic heterocycles. The van der Waals surface area contributed by atoms with Gasteiger partial charge in [0, 0.05) is 10.6 Å². The topological polar surface area (TPSA) is 68.0 Å². The number of aromatic nitrogens is 1. The summed E-state index contributed by atoms with van der Waals surface area (Å²) in [6, 6.07) is 15.3. The second-order valence-corrected chi connectivity index (χ2v) is 6.47. The van der Waals surface area contributed by atoms with Gasteiger partial charge < -0.3 is 11.1 Å². The molecule has 3 N–H and O–H groups in total. The lowest BCUT2D eigenvalue weighted by atomic mass is 10.3. The molecule has 1 heterocycles. The summed E-state index contributed by atoms with van der Waals surface area (Å²) in [4.78, 5) is 17.3. The Bertz CT molecular complexity index is 735. The van der Waals surface area contributed by atoms with Gasteiger partial charge in [0.05, 0.1) is 16.0 Å². The quantitative estimate of drug-likeness (QED) is 0.570. The SMILES string of the molecule is Nc1ccc(SCC(=O)Nc2nc3ccccc3s2)cc1. The molecule has 6 heteroatoms. The Balaban J connectivity index is 1.59. The fourth-order valence-electron chi connectivity index (χ4n) is 1.79. The number of carbonyl (C=O) groups excluding carboxylic acids is 1. The van der Waals surface area contributed by atoms with Gasteiger partial charge >= 0.3 is 0 Å². The van der Waals surface area contributed by atoms with Crippen LogP contribution >= 0.6 is 23.1 Å². The van der Waals surface area contributed by atoms with Crippen molar-refractivity contribution in [3.05, 3.63) is 48.5 Å². The van der Waals surface area contributed by atoms with E-state index in [0.717, 1.165) is 20.8 Å². The number of amides is 1. The summed E-state index contributed by atoms with van der Waals surface area (Å²) in [7, 11) is 0. The van der Waals surface area contributed by atoms with Crippen molar-refractivity contribution < 1.29 is 4.79 Å². The summed E-state index contributed by atoms with van der Waals surface area (Å²) in [5, 5.41) is 3.47. The summed E-state index contributed by atoms with van der Waals surface area (Å²) in [5.41, 5.74) is 7.25. The van der Waals surface area contributed by atoms with Crippen molar-refractivity contribution in [2.75, 3.05) is 16.8 Å². The fourth-order valence-corrected chi connectivity index (χ4v) is 3.37. The van der Waals surface area contributed by atoms with Crippen LogP contribution in [0.5, 0.6) is 0 Å². The van der Waals surface area contributed by atoms with Gasteiger partial charge in [0.1, 0.15) is 0 Å². The summed E-state index contributed by atoms with van der Waals surface area (Å²) in [5.74, 6) is 0.288. The smallest absolute Gasteiger partial charge is 0.236 e. The van der Waals surface area contributed by atoms with E-state index in [4.69, 9.17) is 5.73 Å². The fraction of sp³-hybridized carbons (Fsp3) is 0.0667. The molecule has 3 aromatic rings. The van der Waals surface area contributed by atoms with Crippen LogP contribution in [0.3, 0.4) is 0 Å². The summed E-state index contributed by atoms with van der Waals surface area (Å²) < 4.78 is 1.07. The molecule has 0 fully saturated rings. The van der Waals surface area contributed by atoms with Crippen molar-refractivity contribution in [1.29, 1.82) is 0 Å². The lowest BCUT2D eigenvalue weighted by Gasteiger charge is -2.02. The maximum absolute atomic E-state index is 11.9. The number of nitrogens with two attached hydrogens (primary N) is 1. The van der Waals surface area contributed by atoms with E-state index < -0.39 is 0 Å². The summed E-state index contributed by atoms with van der Waals surface area (Å²) in [6.07, 6.45) is 0. The minimum Gasteiger partial charge on any atom is -0.399 e. The molecule has 0 spiro atoms. The Morgan fingerprint density at radius 3 is 2.71 bits per heavy atom. The highest BCUT2D eigenvalue weighted by Crippen LogP contribution is 2.26. The van der Waals surface area contributed by atoms with Crippen LogP contribution in [0.2, 0.25) is 0 Å². The first-order valence-electron chi connectivity index (χ1n) is 6.34. The molecule has 3 rings (SSSR count). The van der Waals surface area contributed by atoms with Crippen molar-refractivity contribution in [3.63, 3.8) is 0 Å². The third kappa shape index (κ3) is 3.53. The number of rotatable bonds is 4. The largest absolute Gasteiger partial charge is 0.399 e. The van der Waals surface area contributed by atoms with Crippen molar-refractivity contribution in [1.82, 2.24) is 4.98 Å². The van der Waals surface area contributed by atoms with E-state index in [1.54, 1.807) is 0 Å². The molecule has 0 unspecified atom stereocenters. The van der Waals surface area contributed by atoms with Crippen molar-refractivity contribution >= 4 is 50.0 Å². The molecule has 0 atom stereocenters. The zero-order chi connectivity index (χ0) is 14.7. The normalized spacial score (nSPS) is 10.7. The lowest BCUT2D eigenvalue weighted by Crippen LogP contribution is -2.13. The molecular formula is C15H13N3OS2. The van der Waals surface area contributed by atoms with E-state index in [1.807, 2.05) is 48.5 Å². The Kier molecular flexibility index (Phi) is 4.08. The van der Waals surface area contributed by atoms with Crippen LogP contribution in [0.1, 0.15) is 0 Å². The maximum atomic E-state index is 11.9. The number of fused-ring (bicyclic) bond motifs is 1. The number of hydrogen-bond acceptors (Lipinski definition) is 5. The third-order valence-corrected chi connectivity index (χ3v) is 4.75. The van der Waals surface area contributed by atoms with Crippen LogP contribution < -0.4 is 11.1 Å². The van der Waals surface area contributed by atoms with Crippen LogP contribution in [0.4, 0.5) is 10.8 Å². The number of hydrogen-bond donors (Lipinski definition) is 2. The maximum Gasteiger partial charge on any atom is 0.236 e. The van der Waals surface area contributed by atoms with E-state index in [1.165, 1.54) is 23.1 Å². The van der Waals surface area contributed by atoms with Gasteiger partial charge in [0.25, 0.3) is 0 Å². The highest BCUT2D eigenvalue weighted by atomic mass is 32.2. The lowest BCUT2D eigenvalue weighted by molar-refractivity contribution is -0.113. The van der Waals surface area contributed by atoms with Gasteiger partial charge in [0.2, 0.25) is 5.91 Å². The second kappa shape index (κ2) is 6.15. The average molecular weight is 315 g/mol. The van der Waals surface area contributed by atoms with Crippen LogP contribution in [0.25, 0.3) is 10.2 Å². The van der Waals surface area contributed by atoms with Gasteiger partial charge in [-0.05, 0) is 36.4 Å². The van der Waals surface area contributed by atoms with Gasteiger partial charge in [0.15, 0.2) is 5.13 Å². The molecule has 0 aliphatic carbocycles. The van der Waals surface area contributed by atoms with Gasteiger partial charge in [-0.3, -0.25) is 4.79 Å². The zero-order valence-electron chi connectivity index (χ0n) is 11.1. The molecule has 0 aliphatic rings. The van der Waals surface area contributed by atoms with Gasteiger partial charge in [-0.15, -0.1) is 11.8 Å². The standard InChI is InChI=1S/C15H13N3OS2/c16-10-5-7-11(8-6-10)20-9-14(19)18-15-17-12-3-1-2-4-13(12)21-15/h1-8H,9,16H2,(H,17,18,19). The zero-order valence-corrected chi connectivity index (χ0v) is 12.7. The number of anilines is 2. The number of nitrogens with one attached hydrogen (secondary N) is 1.